The minimum atomic E-state index is 0.0399. The molecule has 2 N–H and O–H groups in total. The molecule has 0 fully saturated rings. The molecular weight excluding hydrogens is 416 g/mol. The fourth-order valence-electron chi connectivity index (χ4n) is 3.83. The molecule has 0 saturated carbocycles. The van der Waals surface area contributed by atoms with Crippen LogP contribution in [0.15, 0.2) is 54.9 Å². The third kappa shape index (κ3) is 4.06. The summed E-state index contributed by atoms with van der Waals surface area (Å²) in [6.07, 6.45) is 2.26. The quantitative estimate of drug-likeness (QED) is 0.415. The van der Waals surface area contributed by atoms with Gasteiger partial charge in [0, 0.05) is 18.0 Å². The number of aliphatic hydroxyl groups excluding tert-OH is 1. The van der Waals surface area contributed by atoms with Crippen molar-refractivity contribution in [3.63, 3.8) is 0 Å². The summed E-state index contributed by atoms with van der Waals surface area (Å²) in [4.78, 5) is 9.46. The molecule has 0 atom stereocenters. The van der Waals surface area contributed by atoms with Gasteiger partial charge in [0.1, 0.15) is 12.1 Å². The maximum atomic E-state index is 9.54. The SMILES string of the molecule is Cc1ccc(Nc2ccc3ncn(-c4ccc(CCO)c(-n5nc(C)cc5C)n4)c3c2)nn1. The average molecular weight is 441 g/mol. The van der Waals surface area contributed by atoms with Crippen LogP contribution in [-0.4, -0.2) is 46.2 Å². The molecule has 9 nitrogen and oxygen atoms in total. The van der Waals surface area contributed by atoms with E-state index in [4.69, 9.17) is 4.98 Å². The molecule has 0 radical (unpaired) electrons. The maximum absolute atomic E-state index is 9.54. The monoisotopic (exact) mass is 440 g/mol. The van der Waals surface area contributed by atoms with Crippen LogP contribution in [0.25, 0.3) is 22.7 Å². The lowest BCUT2D eigenvalue weighted by atomic mass is 10.2. The van der Waals surface area contributed by atoms with Crippen LogP contribution in [-0.2, 0) is 6.42 Å². The van der Waals surface area contributed by atoms with Gasteiger partial charge in [-0.05, 0) is 75.2 Å². The second kappa shape index (κ2) is 8.44. The zero-order chi connectivity index (χ0) is 22.9. The first-order valence-electron chi connectivity index (χ1n) is 10.7. The van der Waals surface area contributed by atoms with Crippen molar-refractivity contribution in [2.45, 2.75) is 27.2 Å². The number of anilines is 2. The number of pyridine rings is 1. The first-order chi connectivity index (χ1) is 16.0. The van der Waals surface area contributed by atoms with Gasteiger partial charge < -0.3 is 10.4 Å². The van der Waals surface area contributed by atoms with Crippen molar-refractivity contribution in [2.24, 2.45) is 0 Å². The van der Waals surface area contributed by atoms with E-state index in [9.17, 15) is 5.11 Å². The standard InChI is InChI=1S/C24H24N8O/c1-15-4-8-22(29-28-15)26-19-6-7-20-21(13-19)31(14-25-20)23-9-5-18(10-11-33)24(27-23)32-17(3)12-16(2)30-32/h4-9,12-14,33H,10-11H2,1-3H3,(H,26,29). The number of hydrogen-bond acceptors (Lipinski definition) is 7. The molecule has 0 amide bonds. The number of imidazole rings is 1. The highest BCUT2D eigenvalue weighted by Crippen LogP contribution is 2.25. The molecule has 0 aliphatic rings. The third-order valence-corrected chi connectivity index (χ3v) is 5.40. The molecule has 33 heavy (non-hydrogen) atoms. The van der Waals surface area contributed by atoms with Gasteiger partial charge in [0.25, 0.3) is 0 Å². The minimum Gasteiger partial charge on any atom is -0.396 e. The summed E-state index contributed by atoms with van der Waals surface area (Å²) < 4.78 is 3.77. The van der Waals surface area contributed by atoms with E-state index in [1.807, 2.05) is 78.6 Å². The number of rotatable bonds is 6. The summed E-state index contributed by atoms with van der Waals surface area (Å²) in [6.45, 7) is 5.89. The smallest absolute Gasteiger partial charge is 0.159 e. The minimum absolute atomic E-state index is 0.0399. The van der Waals surface area contributed by atoms with Gasteiger partial charge >= 0.3 is 0 Å². The Morgan fingerprint density at radius 3 is 2.55 bits per heavy atom. The second-order valence-electron chi connectivity index (χ2n) is 7.97. The third-order valence-electron chi connectivity index (χ3n) is 5.40. The molecule has 0 unspecified atom stereocenters. The van der Waals surface area contributed by atoms with Crippen molar-refractivity contribution in [1.82, 2.24) is 34.5 Å². The Bertz CT molecular complexity index is 1440. The topological polar surface area (TPSA) is 107 Å². The van der Waals surface area contributed by atoms with Crippen LogP contribution in [0.1, 0.15) is 22.6 Å². The largest absolute Gasteiger partial charge is 0.396 e. The van der Waals surface area contributed by atoms with E-state index in [-0.39, 0.29) is 6.61 Å². The van der Waals surface area contributed by atoms with Crippen molar-refractivity contribution in [1.29, 1.82) is 0 Å². The predicted octanol–water partition coefficient (Wildman–Crippen LogP) is 3.60. The van der Waals surface area contributed by atoms with Crippen LogP contribution in [0.4, 0.5) is 11.5 Å². The number of nitrogens with one attached hydrogen (secondary N) is 1. The van der Waals surface area contributed by atoms with Gasteiger partial charge in [0.05, 0.1) is 22.4 Å². The molecule has 1 aromatic carbocycles. The van der Waals surface area contributed by atoms with E-state index in [1.54, 1.807) is 6.33 Å². The van der Waals surface area contributed by atoms with Gasteiger partial charge in [-0.2, -0.15) is 10.2 Å². The van der Waals surface area contributed by atoms with Crippen molar-refractivity contribution < 1.29 is 5.11 Å². The fourth-order valence-corrected chi connectivity index (χ4v) is 3.83. The highest BCUT2D eigenvalue weighted by atomic mass is 16.3. The average Bonchev–Trinajstić information content (AvgIpc) is 3.38. The van der Waals surface area contributed by atoms with Gasteiger partial charge in [-0.25, -0.2) is 14.6 Å². The van der Waals surface area contributed by atoms with E-state index in [1.165, 1.54) is 0 Å². The maximum Gasteiger partial charge on any atom is 0.159 e. The van der Waals surface area contributed by atoms with Gasteiger partial charge in [-0.1, -0.05) is 6.07 Å². The van der Waals surface area contributed by atoms with Gasteiger partial charge in [-0.3, -0.25) is 4.57 Å². The molecule has 0 saturated heterocycles. The molecule has 9 heteroatoms. The Morgan fingerprint density at radius 2 is 1.82 bits per heavy atom. The zero-order valence-corrected chi connectivity index (χ0v) is 18.7. The van der Waals surface area contributed by atoms with Crippen LogP contribution in [0.2, 0.25) is 0 Å². The summed E-state index contributed by atoms with van der Waals surface area (Å²) in [6, 6.07) is 15.7. The van der Waals surface area contributed by atoms with Gasteiger partial charge in [0.2, 0.25) is 0 Å². The lowest BCUT2D eigenvalue weighted by molar-refractivity contribution is 0.299. The predicted molar refractivity (Wildman–Crippen MR) is 126 cm³/mol. The molecule has 4 aromatic heterocycles. The Balaban J connectivity index is 1.57. The van der Waals surface area contributed by atoms with E-state index in [2.05, 4.69) is 25.6 Å². The highest BCUT2D eigenvalue weighted by molar-refractivity contribution is 5.82. The van der Waals surface area contributed by atoms with Crippen molar-refractivity contribution in [2.75, 3.05) is 11.9 Å². The van der Waals surface area contributed by atoms with Gasteiger partial charge in [-0.15, -0.1) is 5.10 Å². The van der Waals surface area contributed by atoms with Crippen LogP contribution in [0.3, 0.4) is 0 Å². The van der Waals surface area contributed by atoms with Crippen LogP contribution in [0, 0.1) is 20.8 Å². The molecule has 0 aliphatic carbocycles. The Morgan fingerprint density at radius 1 is 0.939 bits per heavy atom. The summed E-state index contributed by atoms with van der Waals surface area (Å²) >= 11 is 0. The first-order valence-corrected chi connectivity index (χ1v) is 10.7. The summed E-state index contributed by atoms with van der Waals surface area (Å²) in [5.41, 5.74) is 6.32. The van der Waals surface area contributed by atoms with Crippen LogP contribution < -0.4 is 5.32 Å². The number of aliphatic hydroxyl groups is 1. The number of hydrogen-bond donors (Lipinski definition) is 2. The van der Waals surface area contributed by atoms with Crippen molar-refractivity contribution >= 4 is 22.5 Å². The van der Waals surface area contributed by atoms with E-state index in [0.717, 1.165) is 39.4 Å². The van der Waals surface area contributed by atoms with E-state index in [0.29, 0.717) is 23.9 Å². The first kappa shape index (κ1) is 20.8. The second-order valence-corrected chi connectivity index (χ2v) is 7.97. The number of benzene rings is 1. The van der Waals surface area contributed by atoms with E-state index >= 15 is 0 Å². The van der Waals surface area contributed by atoms with Crippen LogP contribution in [0.5, 0.6) is 0 Å². The lowest BCUT2D eigenvalue weighted by Crippen LogP contribution is -2.10. The summed E-state index contributed by atoms with van der Waals surface area (Å²) in [7, 11) is 0. The molecule has 5 aromatic rings. The normalized spacial score (nSPS) is 11.3. The summed E-state index contributed by atoms with van der Waals surface area (Å²) in [5.74, 6) is 2.09. The molecular formula is C24H24N8O. The molecule has 0 aliphatic heterocycles. The Hall–Kier alpha value is -4.11. The number of aromatic nitrogens is 7. The number of aryl methyl sites for hydroxylation is 3. The Labute approximate surface area is 190 Å². The summed E-state index contributed by atoms with van der Waals surface area (Å²) in [5, 5.41) is 25.7. The molecule has 4 heterocycles. The molecule has 0 spiro atoms. The van der Waals surface area contributed by atoms with Gasteiger partial charge in [0.15, 0.2) is 11.6 Å². The lowest BCUT2D eigenvalue weighted by Gasteiger charge is -2.13. The number of fused-ring (bicyclic) bond motifs is 1. The fraction of sp³-hybridized carbons (Fsp3) is 0.208. The molecule has 0 bridgehead atoms. The molecule has 166 valence electrons. The van der Waals surface area contributed by atoms with Crippen molar-refractivity contribution in [3.8, 4) is 11.6 Å². The number of nitrogens with zero attached hydrogens (tertiary/aromatic N) is 7. The molecule has 5 rings (SSSR count). The Kier molecular flexibility index (Phi) is 5.31. The van der Waals surface area contributed by atoms with Crippen LogP contribution >= 0.6 is 0 Å². The van der Waals surface area contributed by atoms with E-state index < -0.39 is 0 Å². The highest BCUT2D eigenvalue weighted by Gasteiger charge is 2.14. The van der Waals surface area contributed by atoms with Crippen molar-refractivity contribution in [3.05, 3.63) is 77.5 Å². The zero-order valence-electron chi connectivity index (χ0n) is 18.7.